The zero-order valence-electron chi connectivity index (χ0n) is 15.9. The van der Waals surface area contributed by atoms with Crippen molar-refractivity contribution in [2.45, 2.75) is 45.8 Å². The second kappa shape index (κ2) is 9.56. The van der Waals surface area contributed by atoms with E-state index in [1.165, 1.54) is 0 Å². The average molecular weight is 375 g/mol. The molecule has 2 aromatic rings. The Labute approximate surface area is 158 Å². The molecule has 27 heavy (non-hydrogen) atoms. The SMILES string of the molecule is CC(=O)O.CC(C)(C)OC(=O)NC(Cc1cccc2ccccc12)C(=O)O. The largest absolute Gasteiger partial charge is 0.481 e. The molecule has 0 heterocycles. The lowest BCUT2D eigenvalue weighted by Gasteiger charge is -2.22. The Bertz CT molecular complexity index is 800. The number of aliphatic carboxylic acids is 2. The van der Waals surface area contributed by atoms with Crippen LogP contribution in [0.3, 0.4) is 0 Å². The van der Waals surface area contributed by atoms with Crippen LogP contribution in [0, 0.1) is 0 Å². The van der Waals surface area contributed by atoms with Crippen LogP contribution in [-0.2, 0) is 20.7 Å². The quantitative estimate of drug-likeness (QED) is 0.754. The number of alkyl carbamates (subject to hydrolysis) is 1. The highest BCUT2D eigenvalue weighted by atomic mass is 16.6. The van der Waals surface area contributed by atoms with E-state index in [1.54, 1.807) is 20.8 Å². The first kappa shape index (κ1) is 22.0. The third-order valence-corrected chi connectivity index (χ3v) is 3.29. The van der Waals surface area contributed by atoms with Crippen LogP contribution >= 0.6 is 0 Å². The van der Waals surface area contributed by atoms with Crippen LogP contribution in [0.5, 0.6) is 0 Å². The molecule has 0 saturated heterocycles. The lowest BCUT2D eigenvalue weighted by Crippen LogP contribution is -2.44. The van der Waals surface area contributed by atoms with Gasteiger partial charge in [-0.3, -0.25) is 4.79 Å². The molecule has 0 aliphatic heterocycles. The molecule has 0 spiro atoms. The van der Waals surface area contributed by atoms with Crippen LogP contribution in [0.25, 0.3) is 10.8 Å². The molecule has 2 aromatic carbocycles. The summed E-state index contributed by atoms with van der Waals surface area (Å²) in [5.74, 6) is -1.93. The molecule has 0 radical (unpaired) electrons. The number of ether oxygens (including phenoxy) is 1. The Morgan fingerprint density at radius 3 is 2.15 bits per heavy atom. The number of carbonyl (C=O) groups excluding carboxylic acids is 1. The van der Waals surface area contributed by atoms with Crippen molar-refractivity contribution in [3.05, 3.63) is 48.0 Å². The first-order valence-corrected chi connectivity index (χ1v) is 8.38. The fraction of sp³-hybridized carbons (Fsp3) is 0.350. The van der Waals surface area contributed by atoms with Gasteiger partial charge in [-0.1, -0.05) is 42.5 Å². The van der Waals surface area contributed by atoms with E-state index in [2.05, 4.69) is 5.32 Å². The number of fused-ring (bicyclic) bond motifs is 1. The highest BCUT2D eigenvalue weighted by Crippen LogP contribution is 2.20. The maximum absolute atomic E-state index is 11.8. The first-order valence-electron chi connectivity index (χ1n) is 8.38. The van der Waals surface area contributed by atoms with Gasteiger partial charge in [0.1, 0.15) is 11.6 Å². The van der Waals surface area contributed by atoms with Gasteiger partial charge in [0.15, 0.2) is 0 Å². The molecule has 1 amide bonds. The summed E-state index contributed by atoms with van der Waals surface area (Å²) in [6.07, 6.45) is -0.541. The zero-order chi connectivity index (χ0) is 20.6. The van der Waals surface area contributed by atoms with E-state index in [-0.39, 0.29) is 6.42 Å². The van der Waals surface area contributed by atoms with Crippen molar-refractivity contribution >= 4 is 28.8 Å². The molecule has 0 aliphatic rings. The van der Waals surface area contributed by atoms with Gasteiger partial charge in [-0.2, -0.15) is 0 Å². The summed E-state index contributed by atoms with van der Waals surface area (Å²) in [4.78, 5) is 32.3. The Morgan fingerprint density at radius 1 is 1.04 bits per heavy atom. The van der Waals surface area contributed by atoms with Gasteiger partial charge in [-0.25, -0.2) is 9.59 Å². The summed E-state index contributed by atoms with van der Waals surface area (Å²) in [6.45, 7) is 6.27. The average Bonchev–Trinajstić information content (AvgIpc) is 2.52. The molecule has 2 rings (SSSR count). The number of carboxylic acid groups (broad SMARTS) is 2. The first-order chi connectivity index (χ1) is 12.5. The predicted molar refractivity (Wildman–Crippen MR) is 102 cm³/mol. The molecule has 1 unspecified atom stereocenters. The van der Waals surface area contributed by atoms with E-state index >= 15 is 0 Å². The molecule has 0 aliphatic carbocycles. The normalized spacial score (nSPS) is 11.7. The van der Waals surface area contributed by atoms with Gasteiger partial charge in [-0.05, 0) is 37.1 Å². The topological polar surface area (TPSA) is 113 Å². The Balaban J connectivity index is 0.000000828. The molecule has 0 aromatic heterocycles. The summed E-state index contributed by atoms with van der Waals surface area (Å²) in [5, 5.41) is 21.2. The predicted octanol–water partition coefficient (Wildman–Crippen LogP) is 3.45. The molecule has 146 valence electrons. The Morgan fingerprint density at radius 2 is 1.59 bits per heavy atom. The molecule has 0 fully saturated rings. The van der Waals surface area contributed by atoms with E-state index in [4.69, 9.17) is 14.6 Å². The van der Waals surface area contributed by atoms with Crippen molar-refractivity contribution in [1.29, 1.82) is 0 Å². The number of rotatable bonds is 4. The van der Waals surface area contributed by atoms with Gasteiger partial charge < -0.3 is 20.3 Å². The van der Waals surface area contributed by atoms with Crippen molar-refractivity contribution in [3.8, 4) is 0 Å². The summed E-state index contributed by atoms with van der Waals surface area (Å²) >= 11 is 0. The lowest BCUT2D eigenvalue weighted by molar-refractivity contribution is -0.139. The summed E-state index contributed by atoms with van der Waals surface area (Å²) in [6, 6.07) is 12.4. The van der Waals surface area contributed by atoms with Crippen LogP contribution in [0.1, 0.15) is 33.3 Å². The second-order valence-corrected chi connectivity index (χ2v) is 6.90. The van der Waals surface area contributed by atoms with E-state index < -0.39 is 29.7 Å². The van der Waals surface area contributed by atoms with Crippen molar-refractivity contribution in [3.63, 3.8) is 0 Å². The zero-order valence-corrected chi connectivity index (χ0v) is 15.9. The summed E-state index contributed by atoms with van der Waals surface area (Å²) < 4.78 is 5.13. The van der Waals surface area contributed by atoms with Gasteiger partial charge in [0.2, 0.25) is 0 Å². The summed E-state index contributed by atoms with van der Waals surface area (Å²) in [7, 11) is 0. The van der Waals surface area contributed by atoms with Gasteiger partial charge in [0, 0.05) is 13.3 Å². The van der Waals surface area contributed by atoms with Gasteiger partial charge in [0.05, 0.1) is 0 Å². The minimum Gasteiger partial charge on any atom is -0.481 e. The van der Waals surface area contributed by atoms with Crippen molar-refractivity contribution in [2.75, 3.05) is 0 Å². The van der Waals surface area contributed by atoms with Crippen LogP contribution < -0.4 is 5.32 Å². The summed E-state index contributed by atoms with van der Waals surface area (Å²) in [5.41, 5.74) is 0.193. The smallest absolute Gasteiger partial charge is 0.408 e. The number of hydrogen-bond donors (Lipinski definition) is 3. The van der Waals surface area contributed by atoms with Gasteiger partial charge in [-0.15, -0.1) is 0 Å². The highest BCUT2D eigenvalue weighted by Gasteiger charge is 2.24. The van der Waals surface area contributed by atoms with Gasteiger partial charge >= 0.3 is 12.1 Å². The standard InChI is InChI=1S/C18H21NO4.C2H4O2/c1-18(2,3)23-17(22)19-15(16(20)21)11-13-9-6-8-12-7-4-5-10-14(12)13;1-2(3)4/h4-10,15H,11H2,1-3H3,(H,19,22)(H,20,21);1H3,(H,3,4). The van der Waals surface area contributed by atoms with Crippen LogP contribution in [0.15, 0.2) is 42.5 Å². The van der Waals surface area contributed by atoms with Crippen LogP contribution in [0.4, 0.5) is 4.79 Å². The highest BCUT2D eigenvalue weighted by molar-refractivity contribution is 5.87. The number of carboxylic acids is 2. The number of benzene rings is 2. The fourth-order valence-electron chi connectivity index (χ4n) is 2.34. The van der Waals surface area contributed by atoms with E-state index in [0.717, 1.165) is 23.3 Å². The molecule has 1 atom stereocenters. The Kier molecular flexibility index (Phi) is 7.78. The molecular formula is C20H25NO6. The number of carbonyl (C=O) groups is 3. The van der Waals surface area contributed by atoms with E-state index in [0.29, 0.717) is 0 Å². The molecule has 0 bridgehead atoms. The van der Waals surface area contributed by atoms with E-state index in [9.17, 15) is 14.7 Å². The van der Waals surface area contributed by atoms with Crippen molar-refractivity contribution < 1.29 is 29.3 Å². The van der Waals surface area contributed by atoms with Gasteiger partial charge in [0.25, 0.3) is 5.97 Å². The molecule has 7 heteroatoms. The lowest BCUT2D eigenvalue weighted by atomic mass is 9.99. The Hall–Kier alpha value is -3.09. The van der Waals surface area contributed by atoms with Crippen LogP contribution in [-0.4, -0.2) is 39.9 Å². The fourth-order valence-corrected chi connectivity index (χ4v) is 2.34. The number of hydrogen-bond acceptors (Lipinski definition) is 4. The molecule has 3 N–H and O–H groups in total. The number of amides is 1. The molecular weight excluding hydrogens is 350 g/mol. The number of nitrogens with one attached hydrogen (secondary N) is 1. The molecule has 0 saturated carbocycles. The van der Waals surface area contributed by atoms with Crippen LogP contribution in [0.2, 0.25) is 0 Å². The third-order valence-electron chi connectivity index (χ3n) is 3.29. The maximum atomic E-state index is 11.8. The van der Waals surface area contributed by atoms with Crippen molar-refractivity contribution in [1.82, 2.24) is 5.32 Å². The minimum atomic E-state index is -1.09. The monoisotopic (exact) mass is 375 g/mol. The minimum absolute atomic E-state index is 0.190. The maximum Gasteiger partial charge on any atom is 0.408 e. The van der Waals surface area contributed by atoms with Crippen molar-refractivity contribution in [2.24, 2.45) is 0 Å². The van der Waals surface area contributed by atoms with E-state index in [1.807, 2.05) is 42.5 Å². The second-order valence-electron chi connectivity index (χ2n) is 6.90. The molecule has 7 nitrogen and oxygen atoms in total. The third kappa shape index (κ3) is 8.22.